The van der Waals surface area contributed by atoms with Gasteiger partial charge in [0.15, 0.2) is 0 Å². The monoisotopic (exact) mass is 179 g/mol. The minimum Gasteiger partial charge on any atom is -0.0533 e. The Morgan fingerprint density at radius 3 is 2.23 bits per heavy atom. The predicted molar refractivity (Wildman–Crippen MR) is 57.5 cm³/mol. The average Bonchev–Trinajstić information content (AvgIpc) is 2.69. The fourth-order valence-corrected chi connectivity index (χ4v) is 3.01. The van der Waals surface area contributed by atoms with Crippen molar-refractivity contribution >= 4 is 0 Å². The maximum absolute atomic E-state index is 1.90. The fraction of sp³-hybridized carbons (Fsp3) is 0.923. The number of hydrogen-bond donors (Lipinski definition) is 0. The second-order valence-electron chi connectivity index (χ2n) is 5.00. The third kappa shape index (κ3) is 3.00. The van der Waals surface area contributed by atoms with Gasteiger partial charge in [0.05, 0.1) is 0 Å². The van der Waals surface area contributed by atoms with E-state index in [4.69, 9.17) is 0 Å². The summed E-state index contributed by atoms with van der Waals surface area (Å²) in [5, 5.41) is 0. The van der Waals surface area contributed by atoms with E-state index in [0.29, 0.717) is 0 Å². The smallest absolute Gasteiger partial charge is 0.0241 e. The summed E-state index contributed by atoms with van der Waals surface area (Å²) >= 11 is 0. The summed E-state index contributed by atoms with van der Waals surface area (Å²) < 4.78 is 0. The molecule has 0 N–H and O–H groups in total. The summed E-state index contributed by atoms with van der Waals surface area (Å²) in [6.45, 7) is 0. The van der Waals surface area contributed by atoms with Crippen LogP contribution in [0.15, 0.2) is 0 Å². The van der Waals surface area contributed by atoms with Crippen LogP contribution in [0, 0.1) is 11.8 Å². The highest BCUT2D eigenvalue weighted by Crippen LogP contribution is 2.34. The summed E-state index contributed by atoms with van der Waals surface area (Å²) in [6.07, 6.45) is 16.5. The van der Waals surface area contributed by atoms with E-state index >= 15 is 0 Å². The summed E-state index contributed by atoms with van der Waals surface area (Å²) in [4.78, 5) is 0. The van der Waals surface area contributed by atoms with Gasteiger partial charge < -0.3 is 0 Å². The van der Waals surface area contributed by atoms with Gasteiger partial charge in [-0.3, -0.25) is 0 Å². The summed E-state index contributed by atoms with van der Waals surface area (Å²) in [6, 6.07) is 0. The molecule has 2 saturated carbocycles. The van der Waals surface area contributed by atoms with Crippen molar-refractivity contribution in [2.24, 2.45) is 5.92 Å². The van der Waals surface area contributed by atoms with Gasteiger partial charge in [-0.2, -0.15) is 0 Å². The first-order valence-electron chi connectivity index (χ1n) is 6.29. The molecule has 0 heterocycles. The van der Waals surface area contributed by atoms with Crippen LogP contribution < -0.4 is 0 Å². The van der Waals surface area contributed by atoms with E-state index in [-0.39, 0.29) is 0 Å². The summed E-state index contributed by atoms with van der Waals surface area (Å²) in [5.74, 6) is 3.01. The molecule has 2 fully saturated rings. The molecule has 0 aromatic heterocycles. The molecule has 0 unspecified atom stereocenters. The van der Waals surface area contributed by atoms with Crippen LogP contribution in [0.3, 0.4) is 0 Å². The van der Waals surface area contributed by atoms with Crippen molar-refractivity contribution in [1.29, 1.82) is 0 Å². The van der Waals surface area contributed by atoms with Crippen molar-refractivity contribution in [3.05, 3.63) is 5.92 Å². The molecule has 0 nitrogen and oxygen atoms in total. The van der Waals surface area contributed by atoms with Gasteiger partial charge in [0.25, 0.3) is 0 Å². The Morgan fingerprint density at radius 2 is 1.54 bits per heavy atom. The van der Waals surface area contributed by atoms with Crippen LogP contribution in [-0.4, -0.2) is 0 Å². The molecule has 13 heavy (non-hydrogen) atoms. The molecule has 0 aromatic rings. The van der Waals surface area contributed by atoms with Gasteiger partial charge in [0.2, 0.25) is 0 Å². The van der Waals surface area contributed by atoms with Crippen molar-refractivity contribution < 1.29 is 0 Å². The largest absolute Gasteiger partial charge is 0.0533 e. The van der Waals surface area contributed by atoms with E-state index in [1.807, 2.05) is 5.92 Å². The molecular formula is C13H23. The highest BCUT2D eigenvalue weighted by molar-refractivity contribution is 4.92. The van der Waals surface area contributed by atoms with E-state index in [1.54, 1.807) is 0 Å². The standard InChI is InChI=1S/C13H23/c1-2-6-12(7-3-1)10-11-13-8-4-5-9-13/h13H,1-11H2. The van der Waals surface area contributed by atoms with E-state index in [9.17, 15) is 0 Å². The maximum Gasteiger partial charge on any atom is -0.0241 e. The molecule has 2 rings (SSSR count). The van der Waals surface area contributed by atoms with Crippen LogP contribution in [0.1, 0.15) is 70.6 Å². The molecular weight excluding hydrogens is 156 g/mol. The Morgan fingerprint density at radius 1 is 0.846 bits per heavy atom. The van der Waals surface area contributed by atoms with E-state index in [1.165, 1.54) is 70.6 Å². The SMILES string of the molecule is C1CC[C](CCC2CCCC2)CC1. The quantitative estimate of drug-likeness (QED) is 0.598. The molecule has 0 atom stereocenters. The second kappa shape index (κ2) is 5.02. The molecule has 2 aliphatic rings. The molecule has 0 bridgehead atoms. The molecule has 0 aromatic carbocycles. The number of hydrogen-bond acceptors (Lipinski definition) is 0. The van der Waals surface area contributed by atoms with Crippen molar-refractivity contribution in [2.75, 3.05) is 0 Å². The first-order valence-corrected chi connectivity index (χ1v) is 6.29. The van der Waals surface area contributed by atoms with Crippen LogP contribution in [0.5, 0.6) is 0 Å². The maximum atomic E-state index is 1.90. The van der Waals surface area contributed by atoms with Crippen molar-refractivity contribution in [1.82, 2.24) is 0 Å². The Kier molecular flexibility index (Phi) is 3.69. The zero-order valence-corrected chi connectivity index (χ0v) is 8.86. The van der Waals surface area contributed by atoms with Crippen LogP contribution in [0.2, 0.25) is 0 Å². The van der Waals surface area contributed by atoms with Crippen molar-refractivity contribution in [2.45, 2.75) is 70.6 Å². The van der Waals surface area contributed by atoms with Crippen LogP contribution >= 0.6 is 0 Å². The first kappa shape index (κ1) is 9.55. The van der Waals surface area contributed by atoms with Crippen LogP contribution in [0.25, 0.3) is 0 Å². The van der Waals surface area contributed by atoms with E-state index in [2.05, 4.69) is 0 Å². The van der Waals surface area contributed by atoms with Gasteiger partial charge in [0.1, 0.15) is 0 Å². The molecule has 75 valence electrons. The Labute approximate surface area is 83.1 Å². The fourth-order valence-electron chi connectivity index (χ4n) is 3.01. The molecule has 0 saturated heterocycles. The lowest BCUT2D eigenvalue weighted by atomic mass is 9.84. The highest BCUT2D eigenvalue weighted by atomic mass is 14.2. The lowest BCUT2D eigenvalue weighted by molar-refractivity contribution is 0.439. The molecule has 0 aliphatic heterocycles. The predicted octanol–water partition coefficient (Wildman–Crippen LogP) is 4.50. The zero-order chi connectivity index (χ0) is 8.93. The van der Waals surface area contributed by atoms with Crippen molar-refractivity contribution in [3.8, 4) is 0 Å². The number of rotatable bonds is 3. The minimum atomic E-state index is 1.11. The lowest BCUT2D eigenvalue weighted by Crippen LogP contribution is -2.05. The molecule has 2 aliphatic carbocycles. The van der Waals surface area contributed by atoms with Crippen LogP contribution in [0.4, 0.5) is 0 Å². The summed E-state index contributed by atoms with van der Waals surface area (Å²) in [7, 11) is 0. The highest BCUT2D eigenvalue weighted by Gasteiger charge is 2.18. The molecule has 1 radical (unpaired) electrons. The third-order valence-corrected chi connectivity index (χ3v) is 3.94. The van der Waals surface area contributed by atoms with Crippen molar-refractivity contribution in [3.63, 3.8) is 0 Å². The normalized spacial score (nSPS) is 26.8. The lowest BCUT2D eigenvalue weighted by Gasteiger charge is -2.22. The summed E-state index contributed by atoms with van der Waals surface area (Å²) in [5.41, 5.74) is 0. The first-order chi connectivity index (χ1) is 6.45. The Balaban J connectivity index is 1.60. The zero-order valence-electron chi connectivity index (χ0n) is 8.86. The van der Waals surface area contributed by atoms with Gasteiger partial charge in [-0.25, -0.2) is 0 Å². The Bertz CT molecular complexity index is 127. The second-order valence-corrected chi connectivity index (χ2v) is 5.00. The van der Waals surface area contributed by atoms with E-state index < -0.39 is 0 Å². The topological polar surface area (TPSA) is 0 Å². The minimum absolute atomic E-state index is 1.11. The molecule has 0 heteroatoms. The van der Waals surface area contributed by atoms with Gasteiger partial charge in [-0.05, 0) is 37.5 Å². The third-order valence-electron chi connectivity index (χ3n) is 3.94. The van der Waals surface area contributed by atoms with Gasteiger partial charge in [-0.1, -0.05) is 44.9 Å². The van der Waals surface area contributed by atoms with Crippen LogP contribution in [-0.2, 0) is 0 Å². The van der Waals surface area contributed by atoms with Gasteiger partial charge >= 0.3 is 0 Å². The molecule has 0 amide bonds. The van der Waals surface area contributed by atoms with Gasteiger partial charge in [-0.15, -0.1) is 0 Å². The average molecular weight is 179 g/mol. The van der Waals surface area contributed by atoms with Gasteiger partial charge in [0, 0.05) is 0 Å². The molecule has 0 spiro atoms. The van der Waals surface area contributed by atoms with E-state index in [0.717, 1.165) is 5.92 Å². The Hall–Kier alpha value is 0.